The number of hydrogen-bond donors (Lipinski definition) is 1. The summed E-state index contributed by atoms with van der Waals surface area (Å²) in [4.78, 5) is 20.6. The lowest BCUT2D eigenvalue weighted by molar-refractivity contribution is 0.0594. The van der Waals surface area contributed by atoms with Crippen molar-refractivity contribution < 1.29 is 9.53 Å². The highest BCUT2D eigenvalue weighted by molar-refractivity contribution is 6.28. The molecular formula is C16H22ClN3O2. The van der Waals surface area contributed by atoms with Crippen molar-refractivity contribution >= 4 is 23.3 Å². The van der Waals surface area contributed by atoms with E-state index in [-0.39, 0.29) is 11.0 Å². The third-order valence-electron chi connectivity index (χ3n) is 4.54. The quantitative estimate of drug-likeness (QED) is 0.659. The summed E-state index contributed by atoms with van der Waals surface area (Å²) in [5.41, 5.74) is 1.89. The van der Waals surface area contributed by atoms with Crippen molar-refractivity contribution in [2.75, 3.05) is 19.0 Å². The summed E-state index contributed by atoms with van der Waals surface area (Å²) in [5, 5.41) is 3.52. The third kappa shape index (κ3) is 3.51. The van der Waals surface area contributed by atoms with Crippen LogP contribution in [0.4, 0.5) is 5.69 Å². The number of hydrogen-bond acceptors (Lipinski definition) is 5. The lowest BCUT2D eigenvalue weighted by Gasteiger charge is -2.24. The smallest absolute Gasteiger partial charge is 0.359 e. The Morgan fingerprint density at radius 2 is 1.95 bits per heavy atom. The van der Waals surface area contributed by atoms with Crippen LogP contribution < -0.4 is 5.32 Å². The fourth-order valence-electron chi connectivity index (χ4n) is 3.11. The van der Waals surface area contributed by atoms with Crippen LogP contribution in [-0.4, -0.2) is 29.6 Å². The van der Waals surface area contributed by atoms with E-state index in [1.807, 2.05) is 0 Å². The molecule has 2 saturated carbocycles. The molecule has 0 aromatic carbocycles. The van der Waals surface area contributed by atoms with Gasteiger partial charge in [0.05, 0.1) is 18.5 Å². The number of esters is 1. The van der Waals surface area contributed by atoms with E-state index in [4.69, 9.17) is 16.3 Å². The fraction of sp³-hybridized carbons (Fsp3) is 0.688. The predicted octanol–water partition coefficient (Wildman–Crippen LogP) is 3.79. The van der Waals surface area contributed by atoms with E-state index in [0.717, 1.165) is 30.8 Å². The molecule has 1 aromatic rings. The van der Waals surface area contributed by atoms with Crippen LogP contribution >= 0.6 is 11.6 Å². The highest BCUT2D eigenvalue weighted by atomic mass is 35.5. The van der Waals surface area contributed by atoms with Gasteiger partial charge in [-0.1, -0.05) is 19.3 Å². The SMILES string of the molecule is COC(=O)c1nc(Cl)nc(C2CCCCC2)c1NCC1CC1. The molecule has 6 heteroatoms. The lowest BCUT2D eigenvalue weighted by atomic mass is 9.86. The maximum Gasteiger partial charge on any atom is 0.359 e. The third-order valence-corrected chi connectivity index (χ3v) is 4.71. The monoisotopic (exact) mass is 323 g/mol. The molecule has 5 nitrogen and oxygen atoms in total. The Morgan fingerprint density at radius 3 is 2.59 bits per heavy atom. The molecule has 120 valence electrons. The van der Waals surface area contributed by atoms with Crippen LogP contribution in [0.25, 0.3) is 0 Å². The van der Waals surface area contributed by atoms with Gasteiger partial charge in [-0.3, -0.25) is 0 Å². The van der Waals surface area contributed by atoms with Gasteiger partial charge < -0.3 is 10.1 Å². The van der Waals surface area contributed by atoms with Crippen LogP contribution in [0.3, 0.4) is 0 Å². The zero-order chi connectivity index (χ0) is 15.5. The number of rotatable bonds is 5. The standard InChI is InChI=1S/C16H22ClN3O2/c1-22-15(21)14-13(18-9-10-7-8-10)12(19-16(17)20-14)11-5-3-2-4-6-11/h10-11,18H,2-9H2,1H3. The molecule has 2 aliphatic rings. The van der Waals surface area contributed by atoms with E-state index >= 15 is 0 Å². The second kappa shape index (κ2) is 6.82. The second-order valence-electron chi connectivity index (χ2n) is 6.25. The molecule has 0 amide bonds. The summed E-state index contributed by atoms with van der Waals surface area (Å²) in [7, 11) is 1.36. The molecule has 22 heavy (non-hydrogen) atoms. The van der Waals surface area contributed by atoms with E-state index in [9.17, 15) is 4.79 Å². The molecule has 2 fully saturated rings. The number of anilines is 1. The maximum absolute atomic E-state index is 12.1. The Kier molecular flexibility index (Phi) is 4.81. The number of halogens is 1. The van der Waals surface area contributed by atoms with E-state index in [1.165, 1.54) is 39.2 Å². The summed E-state index contributed by atoms with van der Waals surface area (Å²) in [6.07, 6.45) is 8.33. The lowest BCUT2D eigenvalue weighted by Crippen LogP contribution is -2.18. The van der Waals surface area contributed by atoms with Crippen LogP contribution in [-0.2, 0) is 4.74 Å². The number of ether oxygens (including phenoxy) is 1. The summed E-state index contributed by atoms with van der Waals surface area (Å²) in [6, 6.07) is 0. The molecule has 1 N–H and O–H groups in total. The van der Waals surface area contributed by atoms with Crippen molar-refractivity contribution in [1.29, 1.82) is 0 Å². The molecule has 0 unspecified atom stereocenters. The van der Waals surface area contributed by atoms with Gasteiger partial charge in [0, 0.05) is 12.5 Å². The first kappa shape index (κ1) is 15.5. The molecular weight excluding hydrogens is 302 g/mol. The Balaban J connectivity index is 1.96. The van der Waals surface area contributed by atoms with Crippen LogP contribution in [0, 0.1) is 5.92 Å². The molecule has 0 bridgehead atoms. The molecule has 0 aliphatic heterocycles. The van der Waals surface area contributed by atoms with Gasteiger partial charge in [0.1, 0.15) is 0 Å². The van der Waals surface area contributed by atoms with Gasteiger partial charge in [-0.2, -0.15) is 0 Å². The maximum atomic E-state index is 12.1. The molecule has 2 aliphatic carbocycles. The highest BCUT2D eigenvalue weighted by Gasteiger charge is 2.28. The Bertz CT molecular complexity index is 555. The molecule has 1 heterocycles. The first-order valence-electron chi connectivity index (χ1n) is 8.08. The zero-order valence-electron chi connectivity index (χ0n) is 12.9. The van der Waals surface area contributed by atoms with Gasteiger partial charge in [0.2, 0.25) is 5.28 Å². The van der Waals surface area contributed by atoms with Crippen LogP contribution in [0.15, 0.2) is 0 Å². The van der Waals surface area contributed by atoms with E-state index in [1.54, 1.807) is 0 Å². The second-order valence-corrected chi connectivity index (χ2v) is 6.59. The minimum Gasteiger partial charge on any atom is -0.464 e. The number of carbonyl (C=O) groups is 1. The molecule has 1 aromatic heterocycles. The highest BCUT2D eigenvalue weighted by Crippen LogP contribution is 2.38. The fourth-order valence-corrected chi connectivity index (χ4v) is 3.28. The van der Waals surface area contributed by atoms with Crippen molar-refractivity contribution in [2.24, 2.45) is 5.92 Å². The minimum atomic E-state index is -0.459. The number of aromatic nitrogens is 2. The van der Waals surface area contributed by atoms with Gasteiger partial charge in [0.15, 0.2) is 5.69 Å². The van der Waals surface area contributed by atoms with Crippen molar-refractivity contribution in [1.82, 2.24) is 9.97 Å². The van der Waals surface area contributed by atoms with Crippen LogP contribution in [0.5, 0.6) is 0 Å². The van der Waals surface area contributed by atoms with Gasteiger partial charge in [-0.05, 0) is 43.2 Å². The number of nitrogens with zero attached hydrogens (tertiary/aromatic N) is 2. The molecule has 0 radical (unpaired) electrons. The van der Waals surface area contributed by atoms with E-state index < -0.39 is 5.97 Å². The molecule has 0 spiro atoms. The van der Waals surface area contributed by atoms with Crippen LogP contribution in [0.2, 0.25) is 5.28 Å². The van der Waals surface area contributed by atoms with Crippen molar-refractivity contribution in [3.8, 4) is 0 Å². The molecule has 0 atom stereocenters. The normalized spacial score (nSPS) is 19.0. The van der Waals surface area contributed by atoms with E-state index in [0.29, 0.717) is 11.8 Å². The van der Waals surface area contributed by atoms with Gasteiger partial charge >= 0.3 is 5.97 Å². The first-order valence-corrected chi connectivity index (χ1v) is 8.46. The van der Waals surface area contributed by atoms with Crippen molar-refractivity contribution in [3.63, 3.8) is 0 Å². The van der Waals surface area contributed by atoms with E-state index in [2.05, 4.69) is 15.3 Å². The Morgan fingerprint density at radius 1 is 1.23 bits per heavy atom. The van der Waals surface area contributed by atoms with Crippen LogP contribution in [0.1, 0.15) is 67.0 Å². The largest absolute Gasteiger partial charge is 0.464 e. The average molecular weight is 324 g/mol. The van der Waals surface area contributed by atoms with Gasteiger partial charge in [-0.25, -0.2) is 14.8 Å². The zero-order valence-corrected chi connectivity index (χ0v) is 13.7. The molecule has 3 rings (SSSR count). The Hall–Kier alpha value is -1.36. The first-order chi connectivity index (χ1) is 10.7. The van der Waals surface area contributed by atoms with Crippen molar-refractivity contribution in [2.45, 2.75) is 50.9 Å². The van der Waals surface area contributed by atoms with Crippen molar-refractivity contribution in [3.05, 3.63) is 16.7 Å². The summed E-state index contributed by atoms with van der Waals surface area (Å²) in [6.45, 7) is 0.856. The number of methoxy groups -OCH3 is 1. The minimum absolute atomic E-state index is 0.123. The van der Waals surface area contributed by atoms with Gasteiger partial charge in [-0.15, -0.1) is 0 Å². The Labute approximate surface area is 135 Å². The topological polar surface area (TPSA) is 64.1 Å². The summed E-state index contributed by atoms with van der Waals surface area (Å²) >= 11 is 6.06. The van der Waals surface area contributed by atoms with Gasteiger partial charge in [0.25, 0.3) is 0 Å². The summed E-state index contributed by atoms with van der Waals surface area (Å²) in [5.74, 6) is 0.583. The predicted molar refractivity (Wildman–Crippen MR) is 85.4 cm³/mol. The average Bonchev–Trinajstić information content (AvgIpc) is 3.37. The number of nitrogens with one attached hydrogen (secondary N) is 1. The summed E-state index contributed by atoms with van der Waals surface area (Å²) < 4.78 is 4.87. The molecule has 0 saturated heterocycles. The number of carbonyl (C=O) groups excluding carboxylic acids is 1.